The normalized spacial score (nSPS) is 22.7. The van der Waals surface area contributed by atoms with Crippen molar-refractivity contribution >= 4 is 5.91 Å². The molecule has 22 heavy (non-hydrogen) atoms. The van der Waals surface area contributed by atoms with E-state index in [4.69, 9.17) is 4.74 Å². The van der Waals surface area contributed by atoms with Gasteiger partial charge in [-0.15, -0.1) is 0 Å². The van der Waals surface area contributed by atoms with Crippen molar-refractivity contribution in [2.75, 3.05) is 46.4 Å². The fourth-order valence-electron chi connectivity index (χ4n) is 3.77. The van der Waals surface area contributed by atoms with Crippen molar-refractivity contribution in [3.8, 4) is 0 Å². The third-order valence-electron chi connectivity index (χ3n) is 4.86. The van der Waals surface area contributed by atoms with Gasteiger partial charge in [-0.1, -0.05) is 26.7 Å². The first-order valence-corrected chi connectivity index (χ1v) is 8.56. The number of carbonyl (C=O) groups excluding carboxylic acids is 1. The molecule has 0 aromatic carbocycles. The predicted octanol–water partition coefficient (Wildman–Crippen LogP) is 1.50. The van der Waals surface area contributed by atoms with Gasteiger partial charge in [0.25, 0.3) is 0 Å². The Morgan fingerprint density at radius 1 is 1.27 bits per heavy atom. The van der Waals surface area contributed by atoms with Crippen molar-refractivity contribution in [2.45, 2.75) is 51.6 Å². The van der Waals surface area contributed by atoms with E-state index in [9.17, 15) is 9.90 Å². The van der Waals surface area contributed by atoms with Crippen LogP contribution in [0.4, 0.5) is 0 Å². The lowest BCUT2D eigenvalue weighted by molar-refractivity contribution is -0.136. The molecule has 1 heterocycles. The van der Waals surface area contributed by atoms with Crippen LogP contribution in [0.1, 0.15) is 46.0 Å². The highest BCUT2D eigenvalue weighted by Crippen LogP contribution is 2.33. The van der Waals surface area contributed by atoms with Crippen molar-refractivity contribution < 1.29 is 14.6 Å². The van der Waals surface area contributed by atoms with Gasteiger partial charge in [-0.3, -0.25) is 9.69 Å². The summed E-state index contributed by atoms with van der Waals surface area (Å²) in [5, 5.41) is 10.4. The van der Waals surface area contributed by atoms with Gasteiger partial charge in [-0.2, -0.15) is 0 Å². The largest absolute Gasteiger partial charge is 0.389 e. The van der Waals surface area contributed by atoms with E-state index >= 15 is 0 Å². The molecule has 1 aliphatic heterocycles. The van der Waals surface area contributed by atoms with Gasteiger partial charge in [0.15, 0.2) is 0 Å². The fourth-order valence-corrected chi connectivity index (χ4v) is 3.77. The molecular weight excluding hydrogens is 280 g/mol. The predicted molar refractivity (Wildman–Crippen MR) is 86.7 cm³/mol. The van der Waals surface area contributed by atoms with Crippen LogP contribution in [0.2, 0.25) is 0 Å². The summed E-state index contributed by atoms with van der Waals surface area (Å²) in [6, 6.07) is 0. The Morgan fingerprint density at radius 2 is 1.86 bits per heavy atom. The maximum atomic E-state index is 12.4. The molecule has 1 saturated carbocycles. The van der Waals surface area contributed by atoms with Crippen LogP contribution in [0.15, 0.2) is 0 Å². The lowest BCUT2D eigenvalue weighted by Gasteiger charge is -2.37. The minimum atomic E-state index is -0.750. The third-order valence-corrected chi connectivity index (χ3v) is 4.86. The number of hydrogen-bond acceptors (Lipinski definition) is 4. The molecule has 2 rings (SSSR count). The van der Waals surface area contributed by atoms with Crippen molar-refractivity contribution in [1.29, 1.82) is 0 Å². The van der Waals surface area contributed by atoms with Crippen molar-refractivity contribution in [3.05, 3.63) is 0 Å². The highest BCUT2D eigenvalue weighted by molar-refractivity contribution is 5.77. The minimum Gasteiger partial charge on any atom is -0.389 e. The Morgan fingerprint density at radius 3 is 2.45 bits per heavy atom. The van der Waals surface area contributed by atoms with E-state index in [2.05, 4.69) is 18.7 Å². The van der Waals surface area contributed by atoms with Crippen LogP contribution < -0.4 is 0 Å². The molecule has 0 bridgehead atoms. The number of amides is 1. The Kier molecular flexibility index (Phi) is 5.86. The van der Waals surface area contributed by atoms with Gasteiger partial charge >= 0.3 is 0 Å². The molecule has 5 heteroatoms. The summed E-state index contributed by atoms with van der Waals surface area (Å²) >= 11 is 0. The fraction of sp³-hybridized carbons (Fsp3) is 0.941. The van der Waals surface area contributed by atoms with Crippen LogP contribution in [0.25, 0.3) is 0 Å². The Balaban J connectivity index is 1.80. The number of morpholine rings is 1. The zero-order chi connectivity index (χ0) is 16.2. The molecule has 128 valence electrons. The standard InChI is InChI=1S/C17H32N2O3/c1-16(2,14-19-8-10-22-11-9-19)13-18(3)15(20)12-17(21)6-4-5-7-17/h21H,4-14H2,1-3H3. The van der Waals surface area contributed by atoms with Crippen LogP contribution in [-0.2, 0) is 9.53 Å². The van der Waals surface area contributed by atoms with Gasteiger partial charge in [0.05, 0.1) is 25.2 Å². The second-order valence-corrected chi connectivity index (χ2v) is 7.91. The van der Waals surface area contributed by atoms with E-state index < -0.39 is 5.60 Å². The first-order valence-electron chi connectivity index (χ1n) is 8.56. The summed E-state index contributed by atoms with van der Waals surface area (Å²) in [5.74, 6) is 0.0689. The quantitative estimate of drug-likeness (QED) is 0.807. The molecule has 2 aliphatic rings. The number of rotatable bonds is 6. The molecule has 0 unspecified atom stereocenters. The maximum Gasteiger partial charge on any atom is 0.225 e. The Labute approximate surface area is 134 Å². The zero-order valence-electron chi connectivity index (χ0n) is 14.4. The van der Waals surface area contributed by atoms with E-state index in [0.717, 1.165) is 65.1 Å². The monoisotopic (exact) mass is 312 g/mol. The maximum absolute atomic E-state index is 12.4. The van der Waals surface area contributed by atoms with Gasteiger partial charge in [-0.05, 0) is 18.3 Å². The highest BCUT2D eigenvalue weighted by atomic mass is 16.5. The van der Waals surface area contributed by atoms with Gasteiger partial charge in [0, 0.05) is 33.2 Å². The summed E-state index contributed by atoms with van der Waals surface area (Å²) < 4.78 is 5.39. The summed E-state index contributed by atoms with van der Waals surface area (Å²) in [6.07, 6.45) is 3.89. The number of nitrogens with zero attached hydrogens (tertiary/aromatic N) is 2. The van der Waals surface area contributed by atoms with Crippen molar-refractivity contribution in [2.24, 2.45) is 5.41 Å². The summed E-state index contributed by atoms with van der Waals surface area (Å²) in [6.45, 7) is 9.65. The second kappa shape index (κ2) is 7.28. The van der Waals surface area contributed by atoms with Gasteiger partial charge < -0.3 is 14.7 Å². The smallest absolute Gasteiger partial charge is 0.225 e. The minimum absolute atomic E-state index is 0.0417. The first-order chi connectivity index (χ1) is 10.3. The van der Waals surface area contributed by atoms with Gasteiger partial charge in [0.2, 0.25) is 5.91 Å². The Bertz CT molecular complexity index is 372. The lowest BCUT2D eigenvalue weighted by Crippen LogP contribution is -2.47. The molecular formula is C17H32N2O3. The van der Waals surface area contributed by atoms with Gasteiger partial charge in [-0.25, -0.2) is 0 Å². The van der Waals surface area contributed by atoms with Crippen LogP contribution in [0.5, 0.6) is 0 Å². The zero-order valence-corrected chi connectivity index (χ0v) is 14.4. The van der Waals surface area contributed by atoms with Crippen LogP contribution in [-0.4, -0.2) is 72.9 Å². The molecule has 0 atom stereocenters. The molecule has 1 N–H and O–H groups in total. The molecule has 1 aliphatic carbocycles. The number of carbonyl (C=O) groups is 1. The van der Waals surface area contributed by atoms with E-state index in [1.807, 2.05) is 7.05 Å². The number of aliphatic hydroxyl groups is 1. The number of hydrogen-bond donors (Lipinski definition) is 1. The van der Waals surface area contributed by atoms with E-state index in [1.165, 1.54) is 0 Å². The first kappa shape index (κ1) is 17.7. The second-order valence-electron chi connectivity index (χ2n) is 7.91. The third kappa shape index (κ3) is 5.21. The van der Waals surface area contributed by atoms with Crippen molar-refractivity contribution in [1.82, 2.24) is 9.80 Å². The molecule has 0 aromatic rings. The number of ether oxygens (including phenoxy) is 1. The molecule has 5 nitrogen and oxygen atoms in total. The highest BCUT2D eigenvalue weighted by Gasteiger charge is 2.35. The van der Waals surface area contributed by atoms with Crippen LogP contribution in [0, 0.1) is 5.41 Å². The molecule has 0 radical (unpaired) electrons. The van der Waals surface area contributed by atoms with E-state index in [1.54, 1.807) is 4.90 Å². The topological polar surface area (TPSA) is 53.0 Å². The average Bonchev–Trinajstić information content (AvgIpc) is 2.85. The Hall–Kier alpha value is -0.650. The lowest BCUT2D eigenvalue weighted by atomic mass is 9.91. The summed E-state index contributed by atoms with van der Waals surface area (Å²) in [7, 11) is 1.86. The van der Waals surface area contributed by atoms with Gasteiger partial charge in [0.1, 0.15) is 0 Å². The van der Waals surface area contributed by atoms with E-state index in [-0.39, 0.29) is 17.7 Å². The molecule has 0 aromatic heterocycles. The average molecular weight is 312 g/mol. The summed E-state index contributed by atoms with van der Waals surface area (Å²) in [4.78, 5) is 16.6. The molecule has 0 spiro atoms. The van der Waals surface area contributed by atoms with E-state index in [0.29, 0.717) is 0 Å². The van der Waals surface area contributed by atoms with Crippen molar-refractivity contribution in [3.63, 3.8) is 0 Å². The van der Waals surface area contributed by atoms with Crippen LogP contribution in [0.3, 0.4) is 0 Å². The van der Waals surface area contributed by atoms with Crippen LogP contribution >= 0.6 is 0 Å². The SMILES string of the molecule is CN(CC(C)(C)CN1CCOCC1)C(=O)CC1(O)CCCC1. The molecule has 2 fully saturated rings. The summed E-state index contributed by atoms with van der Waals surface area (Å²) in [5.41, 5.74) is -0.709. The molecule has 1 amide bonds. The molecule has 1 saturated heterocycles.